The van der Waals surface area contributed by atoms with Crippen LogP contribution in [0.4, 0.5) is 5.69 Å². The van der Waals surface area contributed by atoms with E-state index in [1.807, 2.05) is 0 Å². The molecule has 0 radical (unpaired) electrons. The molecule has 1 fully saturated rings. The van der Waals surface area contributed by atoms with Crippen molar-refractivity contribution in [1.82, 2.24) is 5.32 Å². The molecule has 0 bridgehead atoms. The number of aliphatic carboxylic acids is 1. The van der Waals surface area contributed by atoms with Crippen molar-refractivity contribution in [1.29, 1.82) is 0 Å². The molecule has 1 aromatic carbocycles. The number of carboxylic acid groups (broad SMARTS) is 1. The minimum absolute atomic E-state index is 0.299. The van der Waals surface area contributed by atoms with Gasteiger partial charge in [-0.2, -0.15) is 0 Å². The van der Waals surface area contributed by atoms with Gasteiger partial charge in [0, 0.05) is 7.05 Å². The molecule has 0 heterocycles. The molecule has 0 saturated heterocycles. The van der Waals surface area contributed by atoms with Crippen molar-refractivity contribution in [2.24, 2.45) is 11.8 Å². The van der Waals surface area contributed by atoms with Crippen LogP contribution in [0.25, 0.3) is 0 Å². The van der Waals surface area contributed by atoms with Crippen LogP contribution in [0.2, 0.25) is 0 Å². The number of carboxylic acids is 1. The van der Waals surface area contributed by atoms with Gasteiger partial charge in [0.25, 0.3) is 5.91 Å². The molecular weight excluding hydrogens is 272 g/mol. The first-order valence-electron chi connectivity index (χ1n) is 6.89. The van der Waals surface area contributed by atoms with Crippen molar-refractivity contribution in [3.63, 3.8) is 0 Å². The number of hydrogen-bond donors (Lipinski definition) is 3. The van der Waals surface area contributed by atoms with Crippen LogP contribution in [0.5, 0.6) is 0 Å². The summed E-state index contributed by atoms with van der Waals surface area (Å²) in [6.07, 6.45) is 1.81. The first-order valence-corrected chi connectivity index (χ1v) is 6.89. The first kappa shape index (κ1) is 15.0. The number of hydrogen-bond acceptors (Lipinski definition) is 3. The van der Waals surface area contributed by atoms with E-state index in [0.717, 1.165) is 6.42 Å². The van der Waals surface area contributed by atoms with Crippen LogP contribution in [0.15, 0.2) is 24.3 Å². The Bertz CT molecular complexity index is 571. The molecule has 1 aliphatic carbocycles. The maximum absolute atomic E-state index is 12.3. The molecule has 2 amide bonds. The van der Waals surface area contributed by atoms with Gasteiger partial charge in [-0.3, -0.25) is 14.4 Å². The van der Waals surface area contributed by atoms with Crippen LogP contribution in [0, 0.1) is 11.8 Å². The van der Waals surface area contributed by atoms with Gasteiger partial charge in [0.05, 0.1) is 23.1 Å². The predicted octanol–water partition coefficient (Wildman–Crippen LogP) is 1.49. The second kappa shape index (κ2) is 6.39. The third kappa shape index (κ3) is 3.21. The molecule has 112 valence electrons. The molecule has 3 N–H and O–H groups in total. The van der Waals surface area contributed by atoms with Gasteiger partial charge in [-0.05, 0) is 25.0 Å². The normalized spacial score (nSPS) is 20.8. The highest BCUT2D eigenvalue weighted by atomic mass is 16.4. The van der Waals surface area contributed by atoms with E-state index >= 15 is 0 Å². The fourth-order valence-corrected chi connectivity index (χ4v) is 2.72. The molecule has 2 rings (SSSR count). The van der Waals surface area contributed by atoms with Gasteiger partial charge in [-0.1, -0.05) is 18.6 Å². The summed E-state index contributed by atoms with van der Waals surface area (Å²) in [4.78, 5) is 35.2. The number of amides is 2. The SMILES string of the molecule is CNC(=O)c1ccccc1NC(=O)[C@@H]1CCC[C@@H]1C(=O)O. The van der Waals surface area contributed by atoms with E-state index in [-0.39, 0.29) is 11.8 Å². The highest BCUT2D eigenvalue weighted by Crippen LogP contribution is 2.33. The largest absolute Gasteiger partial charge is 0.481 e. The van der Waals surface area contributed by atoms with E-state index in [1.54, 1.807) is 24.3 Å². The van der Waals surface area contributed by atoms with E-state index in [9.17, 15) is 14.4 Å². The Balaban J connectivity index is 2.17. The number of anilines is 1. The lowest BCUT2D eigenvalue weighted by atomic mass is 9.95. The number of nitrogens with one attached hydrogen (secondary N) is 2. The highest BCUT2D eigenvalue weighted by molar-refractivity contribution is 6.04. The van der Waals surface area contributed by atoms with Crippen LogP contribution in [0.3, 0.4) is 0 Å². The zero-order valence-electron chi connectivity index (χ0n) is 11.8. The van der Waals surface area contributed by atoms with Crippen LogP contribution < -0.4 is 10.6 Å². The summed E-state index contributed by atoms with van der Waals surface area (Å²) < 4.78 is 0. The Morgan fingerprint density at radius 3 is 2.48 bits per heavy atom. The second-order valence-corrected chi connectivity index (χ2v) is 5.10. The van der Waals surface area contributed by atoms with Crippen LogP contribution in [0.1, 0.15) is 29.6 Å². The average Bonchev–Trinajstić information content (AvgIpc) is 2.96. The summed E-state index contributed by atoms with van der Waals surface area (Å²) in [5, 5.41) is 14.3. The fourth-order valence-electron chi connectivity index (χ4n) is 2.72. The molecule has 6 nitrogen and oxygen atoms in total. The Hall–Kier alpha value is -2.37. The number of benzene rings is 1. The van der Waals surface area contributed by atoms with Gasteiger partial charge < -0.3 is 15.7 Å². The summed E-state index contributed by atoms with van der Waals surface area (Å²) >= 11 is 0. The zero-order valence-corrected chi connectivity index (χ0v) is 11.8. The molecule has 2 atom stereocenters. The highest BCUT2D eigenvalue weighted by Gasteiger charge is 2.37. The Labute approximate surface area is 122 Å². The minimum Gasteiger partial charge on any atom is -0.481 e. The summed E-state index contributed by atoms with van der Waals surface area (Å²) in [5.41, 5.74) is 0.760. The van der Waals surface area contributed by atoms with Gasteiger partial charge in [0.1, 0.15) is 0 Å². The van der Waals surface area contributed by atoms with Gasteiger partial charge in [-0.25, -0.2) is 0 Å². The molecular formula is C15H18N2O4. The van der Waals surface area contributed by atoms with E-state index in [1.165, 1.54) is 7.05 Å². The van der Waals surface area contributed by atoms with Crippen molar-refractivity contribution in [2.75, 3.05) is 12.4 Å². The summed E-state index contributed by atoms with van der Waals surface area (Å²) in [6, 6.07) is 6.66. The fraction of sp³-hybridized carbons (Fsp3) is 0.400. The van der Waals surface area contributed by atoms with Gasteiger partial charge >= 0.3 is 5.97 Å². The molecule has 1 aliphatic rings. The summed E-state index contributed by atoms with van der Waals surface area (Å²) in [5.74, 6) is -2.76. The maximum Gasteiger partial charge on any atom is 0.307 e. The second-order valence-electron chi connectivity index (χ2n) is 5.10. The molecule has 0 spiro atoms. The molecule has 0 unspecified atom stereocenters. The number of carbonyl (C=O) groups excluding carboxylic acids is 2. The van der Waals surface area contributed by atoms with E-state index in [2.05, 4.69) is 10.6 Å². The molecule has 6 heteroatoms. The molecule has 21 heavy (non-hydrogen) atoms. The minimum atomic E-state index is -0.938. The van der Waals surface area contributed by atoms with Crippen molar-refractivity contribution in [2.45, 2.75) is 19.3 Å². The van der Waals surface area contributed by atoms with Crippen LogP contribution in [-0.2, 0) is 9.59 Å². The quantitative estimate of drug-likeness (QED) is 0.782. The van der Waals surface area contributed by atoms with Crippen molar-refractivity contribution in [3.05, 3.63) is 29.8 Å². The van der Waals surface area contributed by atoms with Crippen LogP contribution >= 0.6 is 0 Å². The number of rotatable bonds is 4. The van der Waals surface area contributed by atoms with Crippen molar-refractivity contribution >= 4 is 23.5 Å². The Morgan fingerprint density at radius 2 is 1.81 bits per heavy atom. The van der Waals surface area contributed by atoms with Gasteiger partial charge in [0.15, 0.2) is 0 Å². The smallest absolute Gasteiger partial charge is 0.307 e. The topological polar surface area (TPSA) is 95.5 Å². The van der Waals surface area contributed by atoms with Gasteiger partial charge in [0.2, 0.25) is 5.91 Å². The third-order valence-corrected chi connectivity index (χ3v) is 3.83. The number of para-hydroxylation sites is 1. The lowest BCUT2D eigenvalue weighted by Crippen LogP contribution is -2.31. The molecule has 0 aliphatic heterocycles. The molecule has 0 aromatic heterocycles. The monoisotopic (exact) mass is 290 g/mol. The Kier molecular flexibility index (Phi) is 4.57. The summed E-state index contributed by atoms with van der Waals surface area (Å²) in [6.45, 7) is 0. The average molecular weight is 290 g/mol. The van der Waals surface area contributed by atoms with Crippen LogP contribution in [-0.4, -0.2) is 29.9 Å². The molecule has 1 aromatic rings. The third-order valence-electron chi connectivity index (χ3n) is 3.83. The van der Waals surface area contributed by atoms with E-state index in [4.69, 9.17) is 5.11 Å². The van der Waals surface area contributed by atoms with Crippen molar-refractivity contribution in [3.8, 4) is 0 Å². The maximum atomic E-state index is 12.3. The molecule has 1 saturated carbocycles. The Morgan fingerprint density at radius 1 is 1.14 bits per heavy atom. The van der Waals surface area contributed by atoms with Crippen molar-refractivity contribution < 1.29 is 19.5 Å². The standard InChI is InChI=1S/C15H18N2O4/c1-16-13(18)11-5-2-3-8-12(11)17-14(19)9-6-4-7-10(9)15(20)21/h2-3,5,8-10H,4,6-7H2,1H3,(H,16,18)(H,17,19)(H,20,21)/t9-,10+/m1/s1. The summed E-state index contributed by atoms with van der Waals surface area (Å²) in [7, 11) is 1.51. The van der Waals surface area contributed by atoms with E-state index < -0.39 is 17.8 Å². The predicted molar refractivity (Wildman–Crippen MR) is 76.9 cm³/mol. The number of carbonyl (C=O) groups is 3. The first-order chi connectivity index (χ1) is 10.0. The van der Waals surface area contributed by atoms with E-state index in [0.29, 0.717) is 24.1 Å². The zero-order chi connectivity index (χ0) is 15.4. The lowest BCUT2D eigenvalue weighted by molar-refractivity contribution is -0.145. The van der Waals surface area contributed by atoms with Gasteiger partial charge in [-0.15, -0.1) is 0 Å². The lowest BCUT2D eigenvalue weighted by Gasteiger charge is -2.17.